The van der Waals surface area contributed by atoms with Crippen molar-refractivity contribution in [1.82, 2.24) is 29.7 Å². The van der Waals surface area contributed by atoms with E-state index in [1.165, 1.54) is 0 Å². The highest BCUT2D eigenvalue weighted by Crippen LogP contribution is 2.27. The first-order chi connectivity index (χ1) is 14.3. The first-order valence-corrected chi connectivity index (χ1v) is 9.52. The third-order valence-electron chi connectivity index (χ3n) is 5.13. The first-order valence-electron chi connectivity index (χ1n) is 9.52. The molecule has 1 atom stereocenters. The maximum Gasteiger partial charge on any atom is 0.249 e. The molecule has 0 bridgehead atoms. The zero-order valence-corrected chi connectivity index (χ0v) is 15.6. The molecule has 4 heterocycles. The number of pyridine rings is 1. The average Bonchev–Trinajstić information content (AvgIpc) is 3.41. The summed E-state index contributed by atoms with van der Waals surface area (Å²) in [6.07, 6.45) is 4.94. The van der Waals surface area contributed by atoms with E-state index in [4.69, 9.17) is 0 Å². The van der Waals surface area contributed by atoms with Crippen molar-refractivity contribution < 1.29 is 4.79 Å². The van der Waals surface area contributed by atoms with Gasteiger partial charge in [0.2, 0.25) is 11.9 Å². The van der Waals surface area contributed by atoms with E-state index in [0.717, 1.165) is 30.0 Å². The van der Waals surface area contributed by atoms with Crippen LogP contribution in [-0.4, -0.2) is 35.6 Å². The van der Waals surface area contributed by atoms with Gasteiger partial charge in [0.1, 0.15) is 11.5 Å². The van der Waals surface area contributed by atoms with Crippen molar-refractivity contribution in [3.05, 3.63) is 66.6 Å². The molecule has 4 aromatic rings. The minimum Gasteiger partial charge on any atom is -0.328 e. The SMILES string of the molecule is O=C(Nc1n[nH]c(-c2ccccn2)n1)[C@@H]1CCn2c(cnc2-c2ccccc2)C1. The van der Waals surface area contributed by atoms with Gasteiger partial charge in [-0.3, -0.25) is 20.2 Å². The highest BCUT2D eigenvalue weighted by atomic mass is 16.2. The summed E-state index contributed by atoms with van der Waals surface area (Å²) < 4.78 is 2.20. The molecule has 144 valence electrons. The molecular formula is C21H19N7O. The Labute approximate surface area is 167 Å². The summed E-state index contributed by atoms with van der Waals surface area (Å²) in [5, 5.41) is 9.73. The normalized spacial score (nSPS) is 15.7. The monoisotopic (exact) mass is 385 g/mol. The Morgan fingerprint density at radius 1 is 1.10 bits per heavy atom. The Hall–Kier alpha value is -3.81. The summed E-state index contributed by atoms with van der Waals surface area (Å²) in [7, 11) is 0. The zero-order valence-electron chi connectivity index (χ0n) is 15.6. The highest BCUT2D eigenvalue weighted by Gasteiger charge is 2.27. The first kappa shape index (κ1) is 17.3. The van der Waals surface area contributed by atoms with Crippen LogP contribution in [0.4, 0.5) is 5.95 Å². The Morgan fingerprint density at radius 3 is 2.79 bits per heavy atom. The largest absolute Gasteiger partial charge is 0.328 e. The fourth-order valence-corrected chi connectivity index (χ4v) is 3.65. The molecule has 1 amide bonds. The van der Waals surface area contributed by atoms with E-state index in [-0.39, 0.29) is 17.8 Å². The predicted molar refractivity (Wildman–Crippen MR) is 108 cm³/mol. The molecule has 0 aliphatic carbocycles. The number of amides is 1. The fraction of sp³-hybridized carbons (Fsp3) is 0.190. The Morgan fingerprint density at radius 2 is 1.97 bits per heavy atom. The Bertz CT molecular complexity index is 1130. The number of imidazole rings is 1. The summed E-state index contributed by atoms with van der Waals surface area (Å²) in [5.41, 5.74) is 2.83. The molecule has 29 heavy (non-hydrogen) atoms. The van der Waals surface area contributed by atoms with Crippen molar-refractivity contribution in [1.29, 1.82) is 0 Å². The maximum atomic E-state index is 12.7. The van der Waals surface area contributed by atoms with Crippen LogP contribution in [0.1, 0.15) is 12.1 Å². The van der Waals surface area contributed by atoms with Crippen LogP contribution in [0.15, 0.2) is 60.9 Å². The van der Waals surface area contributed by atoms with Gasteiger partial charge in [-0.05, 0) is 18.6 Å². The van der Waals surface area contributed by atoms with Crippen molar-refractivity contribution in [2.24, 2.45) is 5.92 Å². The number of aromatic amines is 1. The number of H-pyrrole nitrogens is 1. The molecule has 8 heteroatoms. The third kappa shape index (κ3) is 3.40. The fourth-order valence-electron chi connectivity index (χ4n) is 3.65. The van der Waals surface area contributed by atoms with Gasteiger partial charge in [-0.2, -0.15) is 4.98 Å². The van der Waals surface area contributed by atoms with Crippen LogP contribution >= 0.6 is 0 Å². The molecule has 1 aliphatic rings. The average molecular weight is 385 g/mol. The van der Waals surface area contributed by atoms with Gasteiger partial charge in [0.15, 0.2) is 5.82 Å². The van der Waals surface area contributed by atoms with Crippen LogP contribution in [0.3, 0.4) is 0 Å². The molecule has 0 saturated carbocycles. The molecule has 0 radical (unpaired) electrons. The summed E-state index contributed by atoms with van der Waals surface area (Å²) in [4.78, 5) is 25.9. The molecule has 0 unspecified atom stereocenters. The third-order valence-corrected chi connectivity index (χ3v) is 5.13. The standard InChI is InChI=1S/C21H19N7O/c29-20(25-21-24-18(26-27-21)17-8-4-5-10-22-17)15-9-11-28-16(12-15)13-23-19(28)14-6-2-1-3-7-14/h1-8,10,13,15H,9,11-12H2,(H2,24,25,26,27,29)/t15-/m1/s1. The number of carbonyl (C=O) groups is 1. The van der Waals surface area contributed by atoms with Crippen LogP contribution in [-0.2, 0) is 17.8 Å². The quantitative estimate of drug-likeness (QED) is 0.562. The lowest BCUT2D eigenvalue weighted by Gasteiger charge is -2.23. The summed E-state index contributed by atoms with van der Waals surface area (Å²) in [6.45, 7) is 0.755. The van der Waals surface area contributed by atoms with Crippen molar-refractivity contribution in [3.8, 4) is 22.9 Å². The molecule has 5 rings (SSSR count). The van der Waals surface area contributed by atoms with E-state index in [1.807, 2.05) is 42.6 Å². The van der Waals surface area contributed by atoms with Gasteiger partial charge in [-0.15, -0.1) is 5.10 Å². The molecule has 3 aromatic heterocycles. The highest BCUT2D eigenvalue weighted by molar-refractivity contribution is 5.91. The van der Waals surface area contributed by atoms with E-state index in [0.29, 0.717) is 17.9 Å². The maximum absolute atomic E-state index is 12.7. The van der Waals surface area contributed by atoms with E-state index in [1.54, 1.807) is 6.20 Å². The summed E-state index contributed by atoms with van der Waals surface area (Å²) >= 11 is 0. The van der Waals surface area contributed by atoms with Gasteiger partial charge in [0, 0.05) is 42.5 Å². The van der Waals surface area contributed by atoms with Crippen LogP contribution in [0.25, 0.3) is 22.9 Å². The predicted octanol–water partition coefficient (Wildman–Crippen LogP) is 2.93. The molecule has 1 aliphatic heterocycles. The van der Waals surface area contributed by atoms with Crippen LogP contribution < -0.4 is 5.32 Å². The van der Waals surface area contributed by atoms with Crippen molar-refractivity contribution in [3.63, 3.8) is 0 Å². The second kappa shape index (κ2) is 7.31. The zero-order chi connectivity index (χ0) is 19.6. The number of hydrogen-bond donors (Lipinski definition) is 2. The number of hydrogen-bond acceptors (Lipinski definition) is 5. The van der Waals surface area contributed by atoms with Crippen molar-refractivity contribution in [2.75, 3.05) is 5.32 Å². The molecule has 2 N–H and O–H groups in total. The van der Waals surface area contributed by atoms with E-state index >= 15 is 0 Å². The van der Waals surface area contributed by atoms with Gasteiger partial charge in [-0.1, -0.05) is 36.4 Å². The number of carbonyl (C=O) groups excluding carboxylic acids is 1. The number of fused-ring (bicyclic) bond motifs is 1. The van der Waals surface area contributed by atoms with E-state index < -0.39 is 0 Å². The number of anilines is 1. The van der Waals surface area contributed by atoms with Gasteiger partial charge in [0.25, 0.3) is 0 Å². The minimum absolute atomic E-state index is 0.0784. The Kier molecular flexibility index (Phi) is 4.36. The topological polar surface area (TPSA) is 101 Å². The second-order valence-electron chi connectivity index (χ2n) is 6.99. The lowest BCUT2D eigenvalue weighted by atomic mass is 9.95. The van der Waals surface area contributed by atoms with Crippen LogP contribution in [0.5, 0.6) is 0 Å². The van der Waals surface area contributed by atoms with Crippen molar-refractivity contribution >= 4 is 11.9 Å². The van der Waals surface area contributed by atoms with Crippen LogP contribution in [0.2, 0.25) is 0 Å². The summed E-state index contributed by atoms with van der Waals surface area (Å²) in [5.74, 6) is 1.52. The van der Waals surface area contributed by atoms with Gasteiger partial charge < -0.3 is 4.57 Å². The number of nitrogens with zero attached hydrogens (tertiary/aromatic N) is 5. The molecule has 0 spiro atoms. The Balaban J connectivity index is 1.28. The van der Waals surface area contributed by atoms with Gasteiger partial charge in [0.05, 0.1) is 0 Å². The molecular weight excluding hydrogens is 366 g/mol. The molecule has 0 saturated heterocycles. The number of benzene rings is 1. The lowest BCUT2D eigenvalue weighted by Crippen LogP contribution is -2.30. The lowest BCUT2D eigenvalue weighted by molar-refractivity contribution is -0.120. The smallest absolute Gasteiger partial charge is 0.249 e. The summed E-state index contributed by atoms with van der Waals surface area (Å²) in [6, 6.07) is 15.6. The van der Waals surface area contributed by atoms with Crippen molar-refractivity contribution in [2.45, 2.75) is 19.4 Å². The van der Waals surface area contributed by atoms with Crippen LogP contribution in [0, 0.1) is 5.92 Å². The number of aromatic nitrogens is 6. The molecule has 8 nitrogen and oxygen atoms in total. The molecule has 1 aromatic carbocycles. The number of rotatable bonds is 4. The molecule has 0 fully saturated rings. The second-order valence-corrected chi connectivity index (χ2v) is 6.99. The van der Waals surface area contributed by atoms with E-state index in [9.17, 15) is 4.79 Å². The van der Waals surface area contributed by atoms with E-state index in [2.05, 4.69) is 47.2 Å². The minimum atomic E-state index is -0.139. The van der Waals surface area contributed by atoms with Gasteiger partial charge in [-0.25, -0.2) is 4.98 Å². The van der Waals surface area contributed by atoms with Gasteiger partial charge >= 0.3 is 0 Å². The number of nitrogens with one attached hydrogen (secondary N) is 2.